The molecule has 2 aliphatic carbocycles. The van der Waals surface area contributed by atoms with Crippen LogP contribution in [0.25, 0.3) is 44.5 Å². The van der Waals surface area contributed by atoms with Gasteiger partial charge in [-0.15, -0.1) is 6.42 Å². The first-order valence-electron chi connectivity index (χ1n) is 16.4. The summed E-state index contributed by atoms with van der Waals surface area (Å²) in [5, 5.41) is 8.92. The molecule has 0 heterocycles. The molecule has 0 aromatic heterocycles. The Balaban J connectivity index is 1.42. The molecule has 5 aromatic carbocycles. The van der Waals surface area contributed by atoms with Crippen LogP contribution in [-0.2, 0) is 16.2 Å². The number of nitrogens with one attached hydrogen (secondary N) is 1. The van der Waals surface area contributed by atoms with Gasteiger partial charge in [-0.3, -0.25) is 0 Å². The van der Waals surface area contributed by atoms with Crippen LogP contribution in [0.3, 0.4) is 0 Å². The fraction of sp³-hybridized carbons (Fsp3) is 0.267. The third kappa shape index (κ3) is 4.58. The maximum Gasteiger partial charge on any atom is 0.0876 e. The van der Waals surface area contributed by atoms with Gasteiger partial charge >= 0.3 is 0 Å². The van der Waals surface area contributed by atoms with Gasteiger partial charge in [-0.05, 0) is 101 Å². The van der Waals surface area contributed by atoms with E-state index in [2.05, 4.69) is 140 Å². The molecular weight excluding hydrogens is 555 g/mol. The quantitative estimate of drug-likeness (QED) is 0.196. The molecule has 0 aliphatic heterocycles. The summed E-state index contributed by atoms with van der Waals surface area (Å²) >= 11 is 0. The molecule has 228 valence electrons. The van der Waals surface area contributed by atoms with Crippen molar-refractivity contribution in [3.05, 3.63) is 130 Å². The van der Waals surface area contributed by atoms with Crippen LogP contribution < -0.4 is 0 Å². The Kier molecular flexibility index (Phi) is 6.63. The Hall–Kier alpha value is -4.67. The van der Waals surface area contributed by atoms with Crippen LogP contribution in [0.1, 0.15) is 94.7 Å². The smallest absolute Gasteiger partial charge is 0.0876 e. The average Bonchev–Trinajstić information content (AvgIpc) is 3.26. The summed E-state index contributed by atoms with van der Waals surface area (Å²) in [4.78, 5) is 0. The van der Waals surface area contributed by atoms with E-state index in [-0.39, 0.29) is 22.2 Å². The normalized spacial score (nSPS) is 16.2. The zero-order valence-electron chi connectivity index (χ0n) is 28.4. The first-order chi connectivity index (χ1) is 21.7. The number of fused-ring (bicyclic) bond motifs is 6. The van der Waals surface area contributed by atoms with Gasteiger partial charge in [0.1, 0.15) is 0 Å². The zero-order chi connectivity index (χ0) is 32.8. The topological polar surface area (TPSA) is 23.9 Å². The van der Waals surface area contributed by atoms with Crippen LogP contribution in [0.4, 0.5) is 0 Å². The van der Waals surface area contributed by atoms with Gasteiger partial charge in [-0.2, -0.15) is 0 Å². The third-order valence-corrected chi connectivity index (χ3v) is 10.3. The second-order valence-electron chi connectivity index (χ2n) is 15.8. The van der Waals surface area contributed by atoms with Crippen LogP contribution in [0.5, 0.6) is 0 Å². The highest BCUT2D eigenvalue weighted by atomic mass is 14.5. The maximum absolute atomic E-state index is 8.92. The van der Waals surface area contributed by atoms with Crippen LogP contribution in [0.2, 0.25) is 0 Å². The molecule has 0 saturated heterocycles. The SMILES string of the molecule is C#CC1C(=N)c2ccccc2-c2ccc(-c3cccc(-c4cc(C(C)(C)C)cc5c4-c4ccc(C(C)(C)C)cc4C5(C)C)c3)cc21. The number of benzene rings is 5. The van der Waals surface area contributed by atoms with Gasteiger partial charge in [-0.25, -0.2) is 0 Å². The summed E-state index contributed by atoms with van der Waals surface area (Å²) in [7, 11) is 0. The number of hydrogen-bond acceptors (Lipinski definition) is 1. The summed E-state index contributed by atoms with van der Waals surface area (Å²) in [5.74, 6) is 2.56. The van der Waals surface area contributed by atoms with Crippen molar-refractivity contribution in [1.82, 2.24) is 0 Å². The minimum absolute atomic E-state index is 0.00625. The van der Waals surface area contributed by atoms with Crippen molar-refractivity contribution in [3.8, 4) is 56.9 Å². The predicted octanol–water partition coefficient (Wildman–Crippen LogP) is 11.7. The maximum atomic E-state index is 8.92. The highest BCUT2D eigenvalue weighted by Gasteiger charge is 2.39. The minimum atomic E-state index is -0.364. The summed E-state index contributed by atoms with van der Waals surface area (Å²) in [6.45, 7) is 18.6. The predicted molar refractivity (Wildman–Crippen MR) is 196 cm³/mol. The molecular formula is C45H43N. The molecule has 0 saturated carbocycles. The standard InChI is InChI=1S/C45H43N/c1-10-32-38-23-28(18-20-34(38)33-16-11-12-17-35(33)42(32)46)27-14-13-15-29(22-27)37-24-31(44(5,6)7)26-40-41(37)36-21-19-30(43(2,3)4)25-39(36)45(40,8)9/h1,11-26,32,46H,2-9H3. The van der Waals surface area contributed by atoms with Crippen molar-refractivity contribution in [3.63, 3.8) is 0 Å². The zero-order valence-corrected chi connectivity index (χ0v) is 28.4. The molecule has 0 radical (unpaired) electrons. The lowest BCUT2D eigenvalue weighted by Gasteiger charge is -2.27. The van der Waals surface area contributed by atoms with Gasteiger partial charge < -0.3 is 5.41 Å². The van der Waals surface area contributed by atoms with Crippen LogP contribution in [-0.4, -0.2) is 5.71 Å². The van der Waals surface area contributed by atoms with E-state index in [9.17, 15) is 0 Å². The van der Waals surface area contributed by atoms with E-state index in [1.54, 1.807) is 0 Å². The van der Waals surface area contributed by atoms with E-state index in [4.69, 9.17) is 11.8 Å². The van der Waals surface area contributed by atoms with Gasteiger partial charge in [0.2, 0.25) is 0 Å². The first kappa shape index (κ1) is 30.0. The van der Waals surface area contributed by atoms with Gasteiger partial charge in [0.15, 0.2) is 0 Å². The molecule has 1 atom stereocenters. The third-order valence-electron chi connectivity index (χ3n) is 10.3. The lowest BCUT2D eigenvalue weighted by Crippen LogP contribution is -2.19. The molecule has 7 rings (SSSR count). The minimum Gasteiger partial charge on any atom is -0.303 e. The Morgan fingerprint density at radius 2 is 1.22 bits per heavy atom. The lowest BCUT2D eigenvalue weighted by atomic mass is 9.76. The fourth-order valence-corrected chi connectivity index (χ4v) is 7.51. The Morgan fingerprint density at radius 3 is 1.91 bits per heavy atom. The molecule has 1 N–H and O–H groups in total. The molecule has 1 unspecified atom stereocenters. The van der Waals surface area contributed by atoms with Gasteiger partial charge in [-0.1, -0.05) is 140 Å². The lowest BCUT2D eigenvalue weighted by molar-refractivity contribution is 0.580. The number of hydrogen-bond donors (Lipinski definition) is 1. The van der Waals surface area contributed by atoms with Crippen molar-refractivity contribution >= 4 is 5.71 Å². The molecule has 46 heavy (non-hydrogen) atoms. The average molecular weight is 598 g/mol. The van der Waals surface area contributed by atoms with Crippen LogP contribution in [0, 0.1) is 17.8 Å². The van der Waals surface area contributed by atoms with Crippen LogP contribution in [0.15, 0.2) is 97.1 Å². The summed E-state index contributed by atoms with van der Waals surface area (Å²) in [6.07, 6.45) is 6.06. The highest BCUT2D eigenvalue weighted by Crippen LogP contribution is 2.54. The highest BCUT2D eigenvalue weighted by molar-refractivity contribution is 6.13. The largest absolute Gasteiger partial charge is 0.303 e. The van der Waals surface area contributed by atoms with E-state index in [1.165, 1.54) is 44.5 Å². The molecule has 0 amide bonds. The molecule has 5 aromatic rings. The molecule has 0 bridgehead atoms. The summed E-state index contributed by atoms with van der Waals surface area (Å²) in [5.41, 5.74) is 17.7. The van der Waals surface area contributed by atoms with Gasteiger partial charge in [0.05, 0.1) is 11.6 Å². The van der Waals surface area contributed by atoms with Crippen molar-refractivity contribution in [1.29, 1.82) is 5.41 Å². The number of terminal acetylenes is 1. The van der Waals surface area contributed by atoms with E-state index in [1.807, 2.05) is 18.2 Å². The fourth-order valence-electron chi connectivity index (χ4n) is 7.51. The molecule has 2 aliphatic rings. The van der Waals surface area contributed by atoms with E-state index in [0.29, 0.717) is 5.71 Å². The van der Waals surface area contributed by atoms with Crippen molar-refractivity contribution in [2.75, 3.05) is 0 Å². The molecule has 0 fully saturated rings. The molecule has 1 nitrogen and oxygen atoms in total. The first-order valence-corrected chi connectivity index (χ1v) is 16.4. The monoisotopic (exact) mass is 597 g/mol. The Bertz CT molecular complexity index is 2120. The van der Waals surface area contributed by atoms with Gasteiger partial charge in [0.25, 0.3) is 0 Å². The van der Waals surface area contributed by atoms with E-state index in [0.717, 1.165) is 33.4 Å². The summed E-state index contributed by atoms with van der Waals surface area (Å²) < 4.78 is 0. The van der Waals surface area contributed by atoms with Crippen molar-refractivity contribution < 1.29 is 0 Å². The van der Waals surface area contributed by atoms with Crippen LogP contribution >= 0.6 is 0 Å². The van der Waals surface area contributed by atoms with Crippen molar-refractivity contribution in [2.45, 2.75) is 77.6 Å². The Labute approximate surface area is 275 Å². The van der Waals surface area contributed by atoms with Gasteiger partial charge in [0, 0.05) is 11.0 Å². The Morgan fingerprint density at radius 1 is 0.587 bits per heavy atom. The van der Waals surface area contributed by atoms with E-state index < -0.39 is 0 Å². The van der Waals surface area contributed by atoms with E-state index >= 15 is 0 Å². The summed E-state index contributed by atoms with van der Waals surface area (Å²) in [6, 6.07) is 35.8. The second-order valence-corrected chi connectivity index (χ2v) is 15.8. The second kappa shape index (κ2) is 10.2. The van der Waals surface area contributed by atoms with Crippen molar-refractivity contribution in [2.24, 2.45) is 0 Å². The molecule has 1 heteroatoms. The number of rotatable bonds is 2. The molecule has 0 spiro atoms.